The summed E-state index contributed by atoms with van der Waals surface area (Å²) >= 11 is 0. The Hall–Kier alpha value is -3.01. The number of aromatic nitrogens is 1. The first-order valence-corrected chi connectivity index (χ1v) is 7.42. The van der Waals surface area contributed by atoms with E-state index in [1.54, 1.807) is 12.1 Å². The van der Waals surface area contributed by atoms with E-state index in [-0.39, 0.29) is 17.5 Å². The van der Waals surface area contributed by atoms with Crippen molar-refractivity contribution in [3.8, 4) is 0 Å². The lowest BCUT2D eigenvalue weighted by molar-refractivity contribution is 0.0924. The van der Waals surface area contributed by atoms with Gasteiger partial charge in [0.15, 0.2) is 0 Å². The number of para-hydroxylation sites is 1. The van der Waals surface area contributed by atoms with Crippen molar-refractivity contribution in [1.29, 1.82) is 0 Å². The largest absolute Gasteiger partial charge is 0.284 e. The molecule has 4 nitrogen and oxygen atoms in total. The van der Waals surface area contributed by atoms with Crippen molar-refractivity contribution in [2.24, 2.45) is 0 Å². The molecular weight excluding hydrogens is 288 g/mol. The van der Waals surface area contributed by atoms with Crippen LogP contribution in [0.15, 0.2) is 48.5 Å². The van der Waals surface area contributed by atoms with Crippen molar-refractivity contribution in [3.05, 3.63) is 70.9 Å². The van der Waals surface area contributed by atoms with Crippen LogP contribution in [-0.4, -0.2) is 16.8 Å². The second-order valence-electron chi connectivity index (χ2n) is 5.74. The number of pyridine rings is 1. The summed E-state index contributed by atoms with van der Waals surface area (Å²) < 4.78 is 0. The lowest BCUT2D eigenvalue weighted by atomic mass is 10.1. The standard InChI is InChI=1S/C19H14N2O2/c1-11-6-5-9-16(12(11)2)21-18(22)14-10-13-7-3-4-8-15(13)20-17(14)19(21)23/h3-10H,1-2H3. The van der Waals surface area contributed by atoms with Crippen LogP contribution >= 0.6 is 0 Å². The summed E-state index contributed by atoms with van der Waals surface area (Å²) in [5.41, 5.74) is 3.91. The first kappa shape index (κ1) is 13.6. The Morgan fingerprint density at radius 2 is 1.70 bits per heavy atom. The van der Waals surface area contributed by atoms with E-state index in [9.17, 15) is 9.59 Å². The van der Waals surface area contributed by atoms with Crippen LogP contribution < -0.4 is 4.90 Å². The second-order valence-corrected chi connectivity index (χ2v) is 5.74. The van der Waals surface area contributed by atoms with Gasteiger partial charge in [0.05, 0.1) is 16.8 Å². The predicted molar refractivity (Wildman–Crippen MR) is 88.8 cm³/mol. The van der Waals surface area contributed by atoms with Crippen LogP contribution in [0.4, 0.5) is 5.69 Å². The summed E-state index contributed by atoms with van der Waals surface area (Å²) in [5.74, 6) is -0.665. The number of hydrogen-bond acceptors (Lipinski definition) is 3. The summed E-state index contributed by atoms with van der Waals surface area (Å²) in [4.78, 5) is 31.2. The summed E-state index contributed by atoms with van der Waals surface area (Å²) in [6.07, 6.45) is 0. The van der Waals surface area contributed by atoms with Crippen LogP contribution in [0, 0.1) is 13.8 Å². The van der Waals surface area contributed by atoms with Crippen LogP contribution in [-0.2, 0) is 0 Å². The number of anilines is 1. The SMILES string of the molecule is Cc1cccc(N2C(=O)c3cc4ccccc4nc3C2=O)c1C. The van der Waals surface area contributed by atoms with Gasteiger partial charge in [-0.2, -0.15) is 0 Å². The number of benzene rings is 2. The summed E-state index contributed by atoms with van der Waals surface area (Å²) in [5, 5.41) is 0.857. The second kappa shape index (κ2) is 4.74. The Kier molecular flexibility index (Phi) is 2.81. The monoisotopic (exact) mass is 302 g/mol. The van der Waals surface area contributed by atoms with Gasteiger partial charge in [0.1, 0.15) is 5.69 Å². The fourth-order valence-corrected chi connectivity index (χ4v) is 2.96. The Balaban J connectivity index is 1.92. The maximum Gasteiger partial charge on any atom is 0.284 e. The number of carbonyl (C=O) groups excluding carboxylic acids is 2. The van der Waals surface area contributed by atoms with Crippen LogP contribution in [0.2, 0.25) is 0 Å². The zero-order valence-electron chi connectivity index (χ0n) is 12.8. The maximum absolute atomic E-state index is 12.8. The van der Waals surface area contributed by atoms with Gasteiger partial charge in [-0.05, 0) is 43.2 Å². The normalized spacial score (nSPS) is 13.7. The van der Waals surface area contributed by atoms with Gasteiger partial charge in [-0.25, -0.2) is 9.88 Å². The average molecular weight is 302 g/mol. The summed E-state index contributed by atoms with van der Waals surface area (Å²) in [6, 6.07) is 14.8. The molecule has 23 heavy (non-hydrogen) atoms. The molecule has 0 spiro atoms. The van der Waals surface area contributed by atoms with E-state index < -0.39 is 0 Å². The van der Waals surface area contributed by atoms with E-state index in [0.29, 0.717) is 11.3 Å². The molecule has 4 heteroatoms. The van der Waals surface area contributed by atoms with E-state index in [0.717, 1.165) is 22.0 Å². The zero-order chi connectivity index (χ0) is 16.1. The highest BCUT2D eigenvalue weighted by atomic mass is 16.2. The molecule has 1 aromatic heterocycles. The van der Waals surface area contributed by atoms with E-state index in [4.69, 9.17) is 0 Å². The number of aryl methyl sites for hydroxylation is 1. The Labute approximate surface area is 133 Å². The van der Waals surface area contributed by atoms with Gasteiger partial charge in [0.2, 0.25) is 0 Å². The third-order valence-electron chi connectivity index (χ3n) is 4.38. The molecule has 0 radical (unpaired) electrons. The molecule has 0 N–H and O–H groups in total. The lowest BCUT2D eigenvalue weighted by Gasteiger charge is -2.17. The third-order valence-corrected chi connectivity index (χ3v) is 4.38. The molecule has 2 heterocycles. The summed E-state index contributed by atoms with van der Waals surface area (Å²) in [6.45, 7) is 3.88. The van der Waals surface area contributed by atoms with Crippen LogP contribution in [0.3, 0.4) is 0 Å². The van der Waals surface area contributed by atoms with Gasteiger partial charge >= 0.3 is 0 Å². The highest BCUT2D eigenvalue weighted by Crippen LogP contribution is 2.32. The Morgan fingerprint density at radius 3 is 2.52 bits per heavy atom. The Bertz CT molecular complexity index is 937. The molecule has 2 aromatic carbocycles. The first-order valence-electron chi connectivity index (χ1n) is 7.42. The fraction of sp³-hybridized carbons (Fsp3) is 0.105. The molecule has 1 aliphatic heterocycles. The molecule has 112 valence electrons. The molecule has 0 atom stereocenters. The number of rotatable bonds is 1. The minimum absolute atomic E-state index is 0.231. The summed E-state index contributed by atoms with van der Waals surface area (Å²) in [7, 11) is 0. The van der Waals surface area contributed by atoms with E-state index >= 15 is 0 Å². The lowest BCUT2D eigenvalue weighted by Crippen LogP contribution is -2.30. The highest BCUT2D eigenvalue weighted by molar-refractivity contribution is 6.34. The van der Waals surface area contributed by atoms with Crippen molar-refractivity contribution >= 4 is 28.4 Å². The van der Waals surface area contributed by atoms with Crippen molar-refractivity contribution in [1.82, 2.24) is 4.98 Å². The van der Waals surface area contributed by atoms with Crippen LogP contribution in [0.5, 0.6) is 0 Å². The minimum Gasteiger partial charge on any atom is -0.268 e. The molecule has 0 saturated carbocycles. The van der Waals surface area contributed by atoms with Gasteiger partial charge < -0.3 is 0 Å². The highest BCUT2D eigenvalue weighted by Gasteiger charge is 2.39. The smallest absolute Gasteiger partial charge is 0.268 e. The molecule has 3 aromatic rings. The molecule has 0 unspecified atom stereocenters. The van der Waals surface area contributed by atoms with Crippen LogP contribution in [0.1, 0.15) is 32.0 Å². The van der Waals surface area contributed by atoms with Gasteiger partial charge in [-0.15, -0.1) is 0 Å². The fourth-order valence-electron chi connectivity index (χ4n) is 2.96. The van der Waals surface area contributed by atoms with Gasteiger partial charge in [-0.3, -0.25) is 9.59 Å². The zero-order valence-corrected chi connectivity index (χ0v) is 12.8. The van der Waals surface area contributed by atoms with Crippen molar-refractivity contribution in [3.63, 3.8) is 0 Å². The number of carbonyl (C=O) groups is 2. The Morgan fingerprint density at radius 1 is 0.913 bits per heavy atom. The minimum atomic E-state index is -0.357. The molecule has 1 aliphatic rings. The molecule has 0 aliphatic carbocycles. The van der Waals surface area contributed by atoms with E-state index in [2.05, 4.69) is 4.98 Å². The average Bonchev–Trinajstić information content (AvgIpc) is 2.79. The molecular formula is C19H14N2O2. The van der Waals surface area contributed by atoms with Crippen LogP contribution in [0.25, 0.3) is 10.9 Å². The number of fused-ring (bicyclic) bond motifs is 2. The number of hydrogen-bond donors (Lipinski definition) is 0. The quantitative estimate of drug-likeness (QED) is 0.645. The number of amides is 2. The maximum atomic E-state index is 12.8. The van der Waals surface area contributed by atoms with Crippen molar-refractivity contribution in [2.75, 3.05) is 4.90 Å². The van der Waals surface area contributed by atoms with Crippen molar-refractivity contribution in [2.45, 2.75) is 13.8 Å². The van der Waals surface area contributed by atoms with Gasteiger partial charge in [0.25, 0.3) is 11.8 Å². The third kappa shape index (κ3) is 1.88. The predicted octanol–water partition coefficient (Wildman–Crippen LogP) is 3.65. The molecule has 0 bridgehead atoms. The van der Waals surface area contributed by atoms with Crippen molar-refractivity contribution < 1.29 is 9.59 Å². The van der Waals surface area contributed by atoms with Gasteiger partial charge in [-0.1, -0.05) is 30.3 Å². The van der Waals surface area contributed by atoms with Gasteiger partial charge in [0, 0.05) is 5.39 Å². The van der Waals surface area contributed by atoms with E-state index in [1.165, 1.54) is 4.90 Å². The topological polar surface area (TPSA) is 50.3 Å². The number of imide groups is 1. The molecule has 2 amide bonds. The first-order chi connectivity index (χ1) is 11.1. The molecule has 4 rings (SSSR count). The molecule has 0 saturated heterocycles. The van der Waals surface area contributed by atoms with E-state index in [1.807, 2.05) is 50.2 Å². The number of nitrogens with zero attached hydrogens (tertiary/aromatic N) is 2. The molecule has 0 fully saturated rings.